The number of rotatable bonds is 11. The molecule has 2 aliphatic rings. The summed E-state index contributed by atoms with van der Waals surface area (Å²) in [5.74, 6) is -0.964. The van der Waals surface area contributed by atoms with Gasteiger partial charge in [0.1, 0.15) is 11.8 Å². The Balaban J connectivity index is 1.57. The summed E-state index contributed by atoms with van der Waals surface area (Å²) in [5, 5.41) is 44.0. The predicted molar refractivity (Wildman–Crippen MR) is 123 cm³/mol. The molecular weight excluding hydrogens is 422 g/mol. The molecule has 4 rings (SSSR count). The Labute approximate surface area is 193 Å². The molecule has 1 saturated carbocycles. The van der Waals surface area contributed by atoms with Crippen molar-refractivity contribution >= 4 is 17.4 Å². The number of aromatic nitrogens is 1. The number of nitrogens with zero attached hydrogens (tertiary/aromatic N) is 2. The van der Waals surface area contributed by atoms with Crippen molar-refractivity contribution in [2.75, 3.05) is 6.54 Å². The zero-order valence-electron chi connectivity index (χ0n) is 18.5. The first-order valence-electron chi connectivity index (χ1n) is 11.4. The number of aliphatic hydroxyl groups is 3. The van der Waals surface area contributed by atoms with E-state index in [0.717, 1.165) is 22.5 Å². The molecular formula is C25H31N3O5. The summed E-state index contributed by atoms with van der Waals surface area (Å²) >= 11 is 0. The quantitative estimate of drug-likeness (QED) is 0.350. The smallest absolute Gasteiger partial charge is 0.303 e. The van der Waals surface area contributed by atoms with Gasteiger partial charge >= 0.3 is 5.97 Å². The van der Waals surface area contributed by atoms with Gasteiger partial charge in [-0.25, -0.2) is 0 Å². The van der Waals surface area contributed by atoms with Crippen LogP contribution in [-0.2, 0) is 4.79 Å². The summed E-state index contributed by atoms with van der Waals surface area (Å²) < 4.78 is 0. The van der Waals surface area contributed by atoms with E-state index in [4.69, 9.17) is 5.11 Å². The van der Waals surface area contributed by atoms with Gasteiger partial charge in [0.15, 0.2) is 0 Å². The highest BCUT2D eigenvalue weighted by molar-refractivity contribution is 5.91. The van der Waals surface area contributed by atoms with Crippen LogP contribution in [0.3, 0.4) is 0 Å². The summed E-state index contributed by atoms with van der Waals surface area (Å²) in [4.78, 5) is 17.0. The van der Waals surface area contributed by atoms with Gasteiger partial charge in [-0.3, -0.25) is 9.78 Å². The lowest BCUT2D eigenvalue weighted by Gasteiger charge is -2.33. The highest BCUT2D eigenvalue weighted by Crippen LogP contribution is 2.46. The van der Waals surface area contributed by atoms with E-state index < -0.39 is 23.8 Å². The largest absolute Gasteiger partial charge is 0.481 e. The number of nitrogens with one attached hydrogen (secondary N) is 1. The average Bonchev–Trinajstić information content (AvgIpc) is 3.44. The Bertz CT molecular complexity index is 978. The standard InChI is InChI=1S/C25H31N3O5/c29-19(6-7-21(31)32)16-20(30)10-15-28-23(18-4-2-1-3-5-18)22(17-8-13-26-14-9-17)27-24(28)25(33)11-12-25/h1-5,8-9,13-14,19-20,24,27,29-30,33H,6-7,10-12,15-16H2,(H,31,32). The van der Waals surface area contributed by atoms with Gasteiger partial charge in [0.05, 0.1) is 23.6 Å². The van der Waals surface area contributed by atoms with E-state index >= 15 is 0 Å². The fourth-order valence-corrected chi connectivity index (χ4v) is 4.40. The Morgan fingerprint density at radius 2 is 1.73 bits per heavy atom. The van der Waals surface area contributed by atoms with E-state index in [2.05, 4.69) is 15.2 Å². The van der Waals surface area contributed by atoms with Crippen LogP contribution in [0.4, 0.5) is 0 Å². The van der Waals surface area contributed by atoms with Crippen LogP contribution in [0.2, 0.25) is 0 Å². The number of carbonyl (C=O) groups is 1. The number of aliphatic carboxylic acids is 1. The third kappa shape index (κ3) is 5.52. The number of carboxylic acid groups (broad SMARTS) is 1. The van der Waals surface area contributed by atoms with Crippen LogP contribution in [0, 0.1) is 0 Å². The summed E-state index contributed by atoms with van der Waals surface area (Å²) in [7, 11) is 0. The summed E-state index contributed by atoms with van der Waals surface area (Å²) in [6, 6.07) is 13.8. The van der Waals surface area contributed by atoms with E-state index in [-0.39, 0.29) is 25.4 Å². The SMILES string of the molecule is O=C(O)CCC(O)CC(O)CCN1C(c2ccccc2)=C(c2ccncc2)NC1C1(O)CC1. The number of carboxylic acids is 1. The highest BCUT2D eigenvalue weighted by Gasteiger charge is 2.53. The van der Waals surface area contributed by atoms with Crippen molar-refractivity contribution in [1.82, 2.24) is 15.2 Å². The Hall–Kier alpha value is -2.94. The molecule has 0 bridgehead atoms. The van der Waals surface area contributed by atoms with Gasteiger partial charge in [-0.05, 0) is 49.8 Å². The maximum Gasteiger partial charge on any atom is 0.303 e. The van der Waals surface area contributed by atoms with Gasteiger partial charge in [-0.15, -0.1) is 0 Å². The summed E-state index contributed by atoms with van der Waals surface area (Å²) in [6.45, 7) is 0.464. The molecule has 1 aliphatic carbocycles. The molecule has 3 atom stereocenters. The molecule has 0 radical (unpaired) electrons. The third-order valence-corrected chi connectivity index (χ3v) is 6.34. The van der Waals surface area contributed by atoms with Gasteiger partial charge < -0.3 is 30.6 Å². The topological polar surface area (TPSA) is 126 Å². The van der Waals surface area contributed by atoms with Gasteiger partial charge in [0, 0.05) is 30.9 Å². The molecule has 1 aromatic carbocycles. The minimum absolute atomic E-state index is 0.112. The monoisotopic (exact) mass is 453 g/mol. The van der Waals surface area contributed by atoms with Crippen molar-refractivity contribution in [2.24, 2.45) is 0 Å². The second-order valence-electron chi connectivity index (χ2n) is 8.93. The van der Waals surface area contributed by atoms with Crippen LogP contribution in [0.5, 0.6) is 0 Å². The second-order valence-corrected chi connectivity index (χ2v) is 8.93. The fourth-order valence-electron chi connectivity index (χ4n) is 4.40. The molecule has 1 fully saturated rings. The number of hydrogen-bond acceptors (Lipinski definition) is 7. The third-order valence-electron chi connectivity index (χ3n) is 6.34. The van der Waals surface area contributed by atoms with Gasteiger partial charge in [-0.1, -0.05) is 30.3 Å². The Kier molecular flexibility index (Phi) is 6.97. The van der Waals surface area contributed by atoms with Crippen LogP contribution in [0.1, 0.15) is 49.7 Å². The first kappa shape index (κ1) is 23.2. The molecule has 1 aromatic heterocycles. The average molecular weight is 454 g/mol. The second kappa shape index (κ2) is 9.91. The van der Waals surface area contributed by atoms with Gasteiger partial charge in [0.25, 0.3) is 0 Å². The van der Waals surface area contributed by atoms with E-state index in [0.29, 0.717) is 25.8 Å². The van der Waals surface area contributed by atoms with Crippen LogP contribution in [0.25, 0.3) is 11.4 Å². The summed E-state index contributed by atoms with van der Waals surface area (Å²) in [6.07, 6.45) is 3.35. The minimum atomic E-state index is -0.964. The van der Waals surface area contributed by atoms with Crippen molar-refractivity contribution < 1.29 is 25.2 Å². The molecule has 2 heterocycles. The molecule has 2 aromatic rings. The van der Waals surface area contributed by atoms with Crippen molar-refractivity contribution in [3.8, 4) is 0 Å². The maximum atomic E-state index is 11.1. The Morgan fingerprint density at radius 1 is 1.06 bits per heavy atom. The minimum Gasteiger partial charge on any atom is -0.481 e. The fraction of sp³-hybridized carbons (Fsp3) is 0.440. The first-order valence-corrected chi connectivity index (χ1v) is 11.4. The van der Waals surface area contributed by atoms with Crippen LogP contribution in [0.15, 0.2) is 54.9 Å². The normalized spacial score (nSPS) is 20.9. The van der Waals surface area contributed by atoms with Crippen molar-refractivity contribution in [1.29, 1.82) is 0 Å². The molecule has 0 spiro atoms. The zero-order valence-corrected chi connectivity index (χ0v) is 18.5. The Morgan fingerprint density at radius 3 is 2.36 bits per heavy atom. The molecule has 176 valence electrons. The molecule has 33 heavy (non-hydrogen) atoms. The number of pyridine rings is 1. The molecule has 8 nitrogen and oxygen atoms in total. The lowest BCUT2D eigenvalue weighted by atomic mass is 10.0. The number of hydrogen-bond donors (Lipinski definition) is 5. The van der Waals surface area contributed by atoms with E-state index in [9.17, 15) is 20.1 Å². The zero-order chi connectivity index (χ0) is 23.4. The van der Waals surface area contributed by atoms with Crippen molar-refractivity contribution in [3.63, 3.8) is 0 Å². The van der Waals surface area contributed by atoms with Crippen molar-refractivity contribution in [3.05, 3.63) is 66.0 Å². The van der Waals surface area contributed by atoms with E-state index in [1.165, 1.54) is 0 Å². The van der Waals surface area contributed by atoms with Crippen molar-refractivity contribution in [2.45, 2.75) is 62.5 Å². The number of aliphatic hydroxyl groups excluding tert-OH is 2. The van der Waals surface area contributed by atoms with E-state index in [1.54, 1.807) is 12.4 Å². The molecule has 1 aliphatic heterocycles. The van der Waals surface area contributed by atoms with E-state index in [1.807, 2.05) is 42.5 Å². The number of benzene rings is 1. The summed E-state index contributed by atoms with van der Waals surface area (Å²) in [5.41, 5.74) is 2.97. The lowest BCUT2D eigenvalue weighted by Crippen LogP contribution is -2.48. The molecule has 5 N–H and O–H groups in total. The molecule has 3 unspecified atom stereocenters. The van der Waals surface area contributed by atoms with Crippen LogP contribution < -0.4 is 5.32 Å². The van der Waals surface area contributed by atoms with Crippen LogP contribution >= 0.6 is 0 Å². The van der Waals surface area contributed by atoms with Crippen LogP contribution in [-0.4, -0.2) is 66.8 Å². The lowest BCUT2D eigenvalue weighted by molar-refractivity contribution is -0.137. The molecule has 0 saturated heterocycles. The van der Waals surface area contributed by atoms with Gasteiger partial charge in [0.2, 0.25) is 0 Å². The molecule has 8 heteroatoms. The molecule has 0 amide bonds. The first-order chi connectivity index (χ1) is 15.9. The highest BCUT2D eigenvalue weighted by atomic mass is 16.4. The maximum absolute atomic E-state index is 11.1. The van der Waals surface area contributed by atoms with Gasteiger partial charge in [-0.2, -0.15) is 0 Å². The predicted octanol–water partition coefficient (Wildman–Crippen LogP) is 2.03.